The van der Waals surface area contributed by atoms with Gasteiger partial charge in [-0.1, -0.05) is 29.3 Å². The summed E-state index contributed by atoms with van der Waals surface area (Å²) in [6.45, 7) is 0. The molecule has 0 fully saturated rings. The summed E-state index contributed by atoms with van der Waals surface area (Å²) in [5, 5.41) is 0.886. The van der Waals surface area contributed by atoms with Gasteiger partial charge in [-0.15, -0.1) is 0 Å². The largest absolute Gasteiger partial charge is 0.402 e. The standard InChI is InChI=1S/C16H7BrCl2INO2/c17-10-6-8(4-5-13(10)20)15-21-14(16(22)23-15)7-9-11(18)2-1-3-12(9)19/h1-7H/b14-7-. The molecular formula is C16H7BrCl2INO2. The zero-order valence-corrected chi connectivity index (χ0v) is 16.6. The van der Waals surface area contributed by atoms with Gasteiger partial charge in [0, 0.05) is 29.2 Å². The van der Waals surface area contributed by atoms with Crippen LogP contribution < -0.4 is 0 Å². The summed E-state index contributed by atoms with van der Waals surface area (Å²) in [6.07, 6.45) is 1.53. The van der Waals surface area contributed by atoms with Crippen molar-refractivity contribution < 1.29 is 9.53 Å². The van der Waals surface area contributed by atoms with Crippen LogP contribution in [0.15, 0.2) is 51.6 Å². The number of hydrogen-bond donors (Lipinski definition) is 0. The molecule has 0 atom stereocenters. The first-order valence-corrected chi connectivity index (χ1v) is 9.00. The third-order valence-corrected chi connectivity index (χ3v) is 6.07. The lowest BCUT2D eigenvalue weighted by Gasteiger charge is -2.01. The fraction of sp³-hybridized carbons (Fsp3) is 0. The Morgan fingerprint density at radius 2 is 1.87 bits per heavy atom. The molecule has 3 nitrogen and oxygen atoms in total. The average Bonchev–Trinajstić information content (AvgIpc) is 2.87. The molecule has 2 aromatic carbocycles. The van der Waals surface area contributed by atoms with Crippen LogP contribution >= 0.6 is 61.7 Å². The van der Waals surface area contributed by atoms with Crippen LogP contribution in [-0.4, -0.2) is 11.9 Å². The molecule has 1 aliphatic rings. The minimum atomic E-state index is -0.536. The molecule has 1 heterocycles. The van der Waals surface area contributed by atoms with E-state index in [1.807, 2.05) is 18.2 Å². The summed E-state index contributed by atoms with van der Waals surface area (Å²) in [6, 6.07) is 10.7. The third kappa shape index (κ3) is 3.63. The molecule has 0 unspecified atom stereocenters. The minimum absolute atomic E-state index is 0.157. The van der Waals surface area contributed by atoms with Crippen molar-refractivity contribution in [3.05, 3.63) is 71.3 Å². The van der Waals surface area contributed by atoms with Crippen molar-refractivity contribution in [2.24, 2.45) is 4.99 Å². The Balaban J connectivity index is 2.01. The second-order valence-corrected chi connectivity index (χ2v) is 7.43. The van der Waals surface area contributed by atoms with E-state index in [4.69, 9.17) is 27.9 Å². The number of rotatable bonds is 2. The van der Waals surface area contributed by atoms with E-state index in [0.29, 0.717) is 21.2 Å². The van der Waals surface area contributed by atoms with Gasteiger partial charge >= 0.3 is 5.97 Å². The molecule has 0 N–H and O–H groups in total. The number of nitrogens with zero attached hydrogens (tertiary/aromatic N) is 1. The molecule has 0 spiro atoms. The topological polar surface area (TPSA) is 38.7 Å². The van der Waals surface area contributed by atoms with E-state index in [9.17, 15) is 4.79 Å². The number of hydrogen-bond acceptors (Lipinski definition) is 3. The van der Waals surface area contributed by atoms with E-state index in [0.717, 1.165) is 8.04 Å². The lowest BCUT2D eigenvalue weighted by molar-refractivity contribution is -0.129. The van der Waals surface area contributed by atoms with Gasteiger partial charge in [0.15, 0.2) is 5.70 Å². The number of aliphatic imine (C=N–C) groups is 1. The summed E-state index contributed by atoms with van der Waals surface area (Å²) >= 11 is 17.9. The molecule has 0 aliphatic carbocycles. The van der Waals surface area contributed by atoms with Gasteiger partial charge in [0.25, 0.3) is 0 Å². The zero-order chi connectivity index (χ0) is 16.6. The number of esters is 1. The molecule has 2 aromatic rings. The molecular weight excluding hydrogens is 516 g/mol. The highest BCUT2D eigenvalue weighted by Crippen LogP contribution is 2.29. The lowest BCUT2D eigenvalue weighted by atomic mass is 10.2. The second kappa shape index (κ2) is 6.93. The Morgan fingerprint density at radius 1 is 1.17 bits per heavy atom. The molecule has 0 saturated carbocycles. The van der Waals surface area contributed by atoms with Gasteiger partial charge in [0.05, 0.1) is 0 Å². The molecule has 3 rings (SSSR count). The van der Waals surface area contributed by atoms with E-state index >= 15 is 0 Å². The van der Waals surface area contributed by atoms with Gasteiger partial charge in [-0.05, 0) is 74.9 Å². The third-order valence-electron chi connectivity index (χ3n) is 3.07. The molecule has 7 heteroatoms. The summed E-state index contributed by atoms with van der Waals surface area (Å²) in [4.78, 5) is 16.3. The highest BCUT2D eigenvalue weighted by Gasteiger charge is 2.25. The Labute approximate surface area is 164 Å². The van der Waals surface area contributed by atoms with Crippen molar-refractivity contribution in [3.63, 3.8) is 0 Å². The maximum atomic E-state index is 12.0. The number of ether oxygens (including phenoxy) is 1. The normalized spacial score (nSPS) is 15.7. The number of halogens is 4. The Hall–Kier alpha value is -0.890. The first-order chi connectivity index (χ1) is 11.0. The van der Waals surface area contributed by atoms with Crippen molar-refractivity contribution in [1.29, 1.82) is 0 Å². The summed E-state index contributed by atoms with van der Waals surface area (Å²) in [5.41, 5.74) is 1.40. The smallest absolute Gasteiger partial charge is 0.363 e. The quantitative estimate of drug-likeness (QED) is 0.288. The van der Waals surface area contributed by atoms with Gasteiger partial charge in [-0.2, -0.15) is 0 Å². The van der Waals surface area contributed by atoms with Gasteiger partial charge in [0.1, 0.15) is 0 Å². The predicted octanol–water partition coefficient (Wildman–Crippen LogP) is 5.71. The Bertz CT molecular complexity index is 860. The summed E-state index contributed by atoms with van der Waals surface area (Å²) in [5.74, 6) is -0.285. The Kier molecular flexibility index (Phi) is 5.10. The minimum Gasteiger partial charge on any atom is -0.402 e. The van der Waals surface area contributed by atoms with Crippen LogP contribution in [0.2, 0.25) is 10.0 Å². The molecule has 1 aliphatic heterocycles. The molecule has 0 aromatic heterocycles. The van der Waals surface area contributed by atoms with Crippen molar-refractivity contribution in [3.8, 4) is 0 Å². The molecule has 0 radical (unpaired) electrons. The SMILES string of the molecule is O=C1OC(c2ccc(I)c(Br)c2)=N/C1=C\c1c(Cl)cccc1Cl. The predicted molar refractivity (Wildman–Crippen MR) is 104 cm³/mol. The van der Waals surface area contributed by atoms with Crippen molar-refractivity contribution in [2.75, 3.05) is 0 Å². The highest BCUT2D eigenvalue weighted by molar-refractivity contribution is 14.1. The number of cyclic esters (lactones) is 1. The van der Waals surface area contributed by atoms with Gasteiger partial charge in [-0.3, -0.25) is 0 Å². The fourth-order valence-electron chi connectivity index (χ4n) is 1.95. The molecule has 0 amide bonds. The van der Waals surface area contributed by atoms with Crippen LogP contribution in [0.1, 0.15) is 11.1 Å². The molecule has 116 valence electrons. The first-order valence-electron chi connectivity index (χ1n) is 6.37. The van der Waals surface area contributed by atoms with Gasteiger partial charge in [0.2, 0.25) is 5.90 Å². The van der Waals surface area contributed by atoms with Crippen LogP contribution in [0, 0.1) is 3.57 Å². The van der Waals surface area contributed by atoms with Gasteiger partial charge < -0.3 is 4.74 Å². The van der Waals surface area contributed by atoms with E-state index < -0.39 is 5.97 Å². The summed E-state index contributed by atoms with van der Waals surface area (Å²) in [7, 11) is 0. The maximum Gasteiger partial charge on any atom is 0.363 e. The first kappa shape index (κ1) is 17.0. The van der Waals surface area contributed by atoms with Crippen molar-refractivity contribution in [1.82, 2.24) is 0 Å². The van der Waals surface area contributed by atoms with E-state index in [1.165, 1.54) is 6.08 Å². The fourth-order valence-corrected chi connectivity index (χ4v) is 3.17. The molecule has 0 bridgehead atoms. The van der Waals surface area contributed by atoms with E-state index in [-0.39, 0.29) is 11.6 Å². The molecule has 23 heavy (non-hydrogen) atoms. The molecule has 0 saturated heterocycles. The average molecular weight is 523 g/mol. The monoisotopic (exact) mass is 521 g/mol. The van der Waals surface area contributed by atoms with E-state index in [2.05, 4.69) is 43.5 Å². The van der Waals surface area contributed by atoms with Gasteiger partial charge in [-0.25, -0.2) is 9.79 Å². The number of benzene rings is 2. The maximum absolute atomic E-state index is 12.0. The number of carbonyl (C=O) groups excluding carboxylic acids is 1. The van der Waals surface area contributed by atoms with Crippen LogP contribution in [-0.2, 0) is 9.53 Å². The zero-order valence-electron chi connectivity index (χ0n) is 11.3. The second-order valence-electron chi connectivity index (χ2n) is 4.60. The van der Waals surface area contributed by atoms with Crippen LogP contribution in [0.4, 0.5) is 0 Å². The van der Waals surface area contributed by atoms with Crippen LogP contribution in [0.3, 0.4) is 0 Å². The van der Waals surface area contributed by atoms with Crippen molar-refractivity contribution in [2.45, 2.75) is 0 Å². The van der Waals surface area contributed by atoms with Crippen LogP contribution in [0.25, 0.3) is 6.08 Å². The highest BCUT2D eigenvalue weighted by atomic mass is 127. The van der Waals surface area contributed by atoms with Crippen LogP contribution in [0.5, 0.6) is 0 Å². The van der Waals surface area contributed by atoms with E-state index in [1.54, 1.807) is 18.2 Å². The van der Waals surface area contributed by atoms with Crippen molar-refractivity contribution >= 4 is 79.7 Å². The lowest BCUT2D eigenvalue weighted by Crippen LogP contribution is -2.05. The Morgan fingerprint density at radius 3 is 2.52 bits per heavy atom. The number of carbonyl (C=O) groups is 1. The summed E-state index contributed by atoms with van der Waals surface area (Å²) < 4.78 is 7.19.